The number of hydrogen-bond acceptors (Lipinski definition) is 4. The lowest BCUT2D eigenvalue weighted by molar-refractivity contribution is 0.102. The highest BCUT2D eigenvalue weighted by molar-refractivity contribution is 7.71. The minimum atomic E-state index is -0.287. The van der Waals surface area contributed by atoms with E-state index in [0.29, 0.717) is 34.5 Å². The van der Waals surface area contributed by atoms with E-state index >= 15 is 0 Å². The smallest absolute Gasteiger partial charge is 0.259 e. The molecule has 0 unspecified atom stereocenters. The van der Waals surface area contributed by atoms with Crippen molar-refractivity contribution in [3.8, 4) is 5.75 Å². The number of nitrogens with one attached hydrogen (secondary N) is 3. The summed E-state index contributed by atoms with van der Waals surface area (Å²) in [4.78, 5) is 29.6. The number of rotatable bonds is 4. The molecule has 0 fully saturated rings. The molecule has 0 bridgehead atoms. The van der Waals surface area contributed by atoms with Crippen LogP contribution in [0.25, 0.3) is 10.9 Å². The zero-order chi connectivity index (χ0) is 17.1. The Balaban J connectivity index is 1.90. The van der Waals surface area contributed by atoms with Gasteiger partial charge in [0, 0.05) is 17.3 Å². The molecular formula is C17H15N3O3S. The first-order valence-corrected chi connectivity index (χ1v) is 7.78. The lowest BCUT2D eigenvalue weighted by Gasteiger charge is -2.08. The minimum Gasteiger partial charge on any atom is -0.494 e. The third-order valence-corrected chi connectivity index (χ3v) is 3.61. The van der Waals surface area contributed by atoms with Gasteiger partial charge in [-0.3, -0.25) is 14.6 Å². The number of hydrogen-bond donors (Lipinski definition) is 3. The van der Waals surface area contributed by atoms with E-state index in [1.807, 2.05) is 13.0 Å². The highest BCUT2D eigenvalue weighted by Gasteiger charge is 2.09. The monoisotopic (exact) mass is 341 g/mol. The van der Waals surface area contributed by atoms with Gasteiger partial charge >= 0.3 is 0 Å². The van der Waals surface area contributed by atoms with E-state index in [0.717, 1.165) is 0 Å². The van der Waals surface area contributed by atoms with Crippen molar-refractivity contribution in [3.05, 3.63) is 63.2 Å². The van der Waals surface area contributed by atoms with Crippen LogP contribution in [0.2, 0.25) is 0 Å². The number of amides is 1. The number of H-pyrrole nitrogens is 2. The number of anilines is 1. The van der Waals surface area contributed by atoms with E-state index in [4.69, 9.17) is 17.0 Å². The molecule has 3 N–H and O–H groups in total. The van der Waals surface area contributed by atoms with Gasteiger partial charge in [0.25, 0.3) is 11.5 Å². The molecule has 3 aromatic rings. The summed E-state index contributed by atoms with van der Waals surface area (Å²) >= 11 is 4.95. The number of carbonyl (C=O) groups is 1. The van der Waals surface area contributed by atoms with Crippen LogP contribution in [0.4, 0.5) is 5.69 Å². The van der Waals surface area contributed by atoms with E-state index in [-0.39, 0.29) is 16.2 Å². The van der Waals surface area contributed by atoms with Gasteiger partial charge in [-0.1, -0.05) is 6.07 Å². The average molecular weight is 341 g/mol. The van der Waals surface area contributed by atoms with Crippen molar-refractivity contribution in [2.45, 2.75) is 6.92 Å². The molecule has 7 heteroatoms. The Hall–Kier alpha value is -2.93. The van der Waals surface area contributed by atoms with Gasteiger partial charge in [0.15, 0.2) is 4.77 Å². The van der Waals surface area contributed by atoms with Crippen molar-refractivity contribution in [1.29, 1.82) is 0 Å². The van der Waals surface area contributed by atoms with Crippen LogP contribution in [0.3, 0.4) is 0 Å². The molecule has 1 heterocycles. The van der Waals surface area contributed by atoms with Crippen LogP contribution in [-0.4, -0.2) is 22.5 Å². The number of aromatic nitrogens is 2. The molecule has 0 radical (unpaired) electrons. The van der Waals surface area contributed by atoms with Crippen molar-refractivity contribution in [1.82, 2.24) is 9.97 Å². The van der Waals surface area contributed by atoms with Gasteiger partial charge in [-0.15, -0.1) is 0 Å². The van der Waals surface area contributed by atoms with E-state index in [2.05, 4.69) is 15.3 Å². The number of fused-ring (bicyclic) bond motifs is 1. The van der Waals surface area contributed by atoms with Gasteiger partial charge in [0.2, 0.25) is 0 Å². The van der Waals surface area contributed by atoms with E-state index < -0.39 is 0 Å². The average Bonchev–Trinajstić information content (AvgIpc) is 2.54. The van der Waals surface area contributed by atoms with Gasteiger partial charge in [-0.25, -0.2) is 0 Å². The maximum absolute atomic E-state index is 12.4. The number of carbonyl (C=O) groups excluding carboxylic acids is 1. The Kier molecular flexibility index (Phi) is 4.43. The number of aromatic amines is 2. The summed E-state index contributed by atoms with van der Waals surface area (Å²) in [5, 5.41) is 3.25. The summed E-state index contributed by atoms with van der Waals surface area (Å²) < 4.78 is 5.63. The van der Waals surface area contributed by atoms with Crippen molar-refractivity contribution in [2.24, 2.45) is 0 Å². The van der Waals surface area contributed by atoms with E-state index in [1.54, 1.807) is 36.4 Å². The van der Waals surface area contributed by atoms with Crippen LogP contribution in [0.1, 0.15) is 17.3 Å². The van der Waals surface area contributed by atoms with Crippen LogP contribution in [0.15, 0.2) is 47.3 Å². The van der Waals surface area contributed by atoms with Crippen LogP contribution >= 0.6 is 12.2 Å². The molecule has 0 atom stereocenters. The van der Waals surface area contributed by atoms with E-state index in [1.165, 1.54) is 0 Å². The molecule has 6 nitrogen and oxygen atoms in total. The minimum absolute atomic E-state index is 0.217. The van der Waals surface area contributed by atoms with Gasteiger partial charge in [-0.05, 0) is 49.5 Å². The fourth-order valence-electron chi connectivity index (χ4n) is 2.34. The fourth-order valence-corrected chi connectivity index (χ4v) is 2.55. The maximum Gasteiger partial charge on any atom is 0.259 e. The molecule has 24 heavy (non-hydrogen) atoms. The first-order valence-electron chi connectivity index (χ1n) is 7.37. The summed E-state index contributed by atoms with van der Waals surface area (Å²) in [6, 6.07) is 11.9. The quantitative estimate of drug-likeness (QED) is 0.636. The van der Waals surface area contributed by atoms with Gasteiger partial charge < -0.3 is 15.0 Å². The second-order valence-corrected chi connectivity index (χ2v) is 5.49. The largest absolute Gasteiger partial charge is 0.494 e. The molecule has 122 valence electrons. The molecule has 0 spiro atoms. The van der Waals surface area contributed by atoms with Crippen molar-refractivity contribution in [2.75, 3.05) is 11.9 Å². The molecule has 3 rings (SSSR count). The third-order valence-electron chi connectivity index (χ3n) is 3.40. The third kappa shape index (κ3) is 3.36. The molecule has 1 aromatic heterocycles. The van der Waals surface area contributed by atoms with Crippen molar-refractivity contribution in [3.63, 3.8) is 0 Å². The molecule has 2 aromatic carbocycles. The molecule has 0 aliphatic heterocycles. The van der Waals surface area contributed by atoms with Crippen LogP contribution in [0, 0.1) is 4.77 Å². The summed E-state index contributed by atoms with van der Waals surface area (Å²) in [6.07, 6.45) is 0. The second-order valence-electron chi connectivity index (χ2n) is 5.08. The fraction of sp³-hybridized carbons (Fsp3) is 0.118. The number of ether oxygens (including phenoxy) is 1. The van der Waals surface area contributed by atoms with E-state index in [9.17, 15) is 9.59 Å². The highest BCUT2D eigenvalue weighted by Crippen LogP contribution is 2.18. The summed E-state index contributed by atoms with van der Waals surface area (Å²) in [7, 11) is 0. The first-order chi connectivity index (χ1) is 11.6. The topological polar surface area (TPSA) is 87.0 Å². The van der Waals surface area contributed by atoms with Crippen LogP contribution in [-0.2, 0) is 0 Å². The first kappa shape index (κ1) is 15.9. The Bertz CT molecular complexity index is 1020. The Labute approximate surface area is 142 Å². The molecule has 0 aliphatic rings. The predicted octanol–water partition coefficient (Wildman–Crippen LogP) is 3.24. The second kappa shape index (κ2) is 6.67. The summed E-state index contributed by atoms with van der Waals surface area (Å²) in [6.45, 7) is 2.45. The molecule has 0 aliphatic carbocycles. The molecular weight excluding hydrogens is 326 g/mol. The zero-order valence-corrected chi connectivity index (χ0v) is 13.7. The normalized spacial score (nSPS) is 10.5. The summed E-state index contributed by atoms with van der Waals surface area (Å²) in [5.74, 6) is 0.398. The Morgan fingerprint density at radius 2 is 2.04 bits per heavy atom. The lowest BCUT2D eigenvalue weighted by Crippen LogP contribution is -2.13. The summed E-state index contributed by atoms with van der Waals surface area (Å²) in [5.41, 5.74) is 1.27. The molecule has 0 saturated carbocycles. The standard InChI is InChI=1S/C17H15N3O3S/c1-2-23-12-5-3-4-11(9-12)18-15(21)10-6-7-13-14(8-10)19-17(24)20-16(13)22/h3-9H,2H2,1H3,(H,18,21)(H2,19,20,22,24). The predicted molar refractivity (Wildman–Crippen MR) is 95.3 cm³/mol. The zero-order valence-electron chi connectivity index (χ0n) is 12.9. The van der Waals surface area contributed by atoms with Crippen LogP contribution in [0.5, 0.6) is 5.75 Å². The number of benzene rings is 2. The Morgan fingerprint density at radius 1 is 1.21 bits per heavy atom. The van der Waals surface area contributed by atoms with Gasteiger partial charge in [0.05, 0.1) is 17.5 Å². The van der Waals surface area contributed by atoms with Gasteiger partial charge in [-0.2, -0.15) is 0 Å². The lowest BCUT2D eigenvalue weighted by atomic mass is 10.1. The maximum atomic E-state index is 12.4. The van der Waals surface area contributed by atoms with Gasteiger partial charge in [0.1, 0.15) is 5.75 Å². The van der Waals surface area contributed by atoms with Crippen molar-refractivity contribution >= 4 is 34.7 Å². The highest BCUT2D eigenvalue weighted by atomic mass is 32.1. The molecule has 1 amide bonds. The van der Waals surface area contributed by atoms with Crippen LogP contribution < -0.4 is 15.6 Å². The van der Waals surface area contributed by atoms with Crippen molar-refractivity contribution < 1.29 is 9.53 Å². The SMILES string of the molecule is CCOc1cccc(NC(=O)c2ccc3c(=O)[nH]c(=S)[nH]c3c2)c1. The Morgan fingerprint density at radius 3 is 2.83 bits per heavy atom. The molecule has 0 saturated heterocycles.